The van der Waals surface area contributed by atoms with E-state index in [1.165, 1.54) is 11.6 Å². The Kier molecular flexibility index (Phi) is 9.65. The number of hydrogen-bond donors (Lipinski definition) is 0. The zero-order valence-corrected chi connectivity index (χ0v) is 20.9. The van der Waals surface area contributed by atoms with E-state index in [1.54, 1.807) is 13.2 Å². The standard InChI is InChI=1S/C25H33FN2O2.2ClH/c1-17(2)16-30-23-9-8-18(10-24(23)29-4)12-28-14-20-13-27(3)25(22(20)15-28)19-6-5-7-21(26)11-19;;/h5-11,17,20,22,25H,12-16H2,1-4H3;2*1H/t20-,22+,25-;;/m0../s1. The number of ether oxygens (including phenoxy) is 2. The van der Waals surface area contributed by atoms with Crippen molar-refractivity contribution in [3.63, 3.8) is 0 Å². The predicted octanol–water partition coefficient (Wildman–Crippen LogP) is 5.45. The van der Waals surface area contributed by atoms with Crippen LogP contribution in [0.4, 0.5) is 4.39 Å². The van der Waals surface area contributed by atoms with Crippen molar-refractivity contribution in [1.29, 1.82) is 0 Å². The van der Waals surface area contributed by atoms with E-state index < -0.39 is 0 Å². The van der Waals surface area contributed by atoms with Crippen molar-refractivity contribution >= 4 is 24.8 Å². The van der Waals surface area contributed by atoms with E-state index in [0.717, 1.165) is 43.2 Å². The molecule has 0 radical (unpaired) electrons. The van der Waals surface area contributed by atoms with E-state index in [-0.39, 0.29) is 36.7 Å². The molecule has 32 heavy (non-hydrogen) atoms. The summed E-state index contributed by atoms with van der Waals surface area (Å²) in [6, 6.07) is 13.7. The molecule has 0 saturated carbocycles. The fourth-order valence-electron chi connectivity index (χ4n) is 5.12. The second kappa shape index (κ2) is 11.6. The van der Waals surface area contributed by atoms with Crippen molar-refractivity contribution in [3.05, 3.63) is 59.4 Å². The molecule has 3 atom stereocenters. The molecular formula is C25H35Cl2FN2O2. The third kappa shape index (κ3) is 5.88. The van der Waals surface area contributed by atoms with Gasteiger partial charge in [0.25, 0.3) is 0 Å². The molecule has 0 aliphatic carbocycles. The molecule has 2 aromatic carbocycles. The minimum absolute atomic E-state index is 0. The third-order valence-electron chi connectivity index (χ3n) is 6.37. The van der Waals surface area contributed by atoms with Crippen molar-refractivity contribution in [3.8, 4) is 11.5 Å². The number of halogens is 3. The highest BCUT2D eigenvalue weighted by Crippen LogP contribution is 2.44. The number of nitrogens with zero attached hydrogens (tertiary/aromatic N) is 2. The van der Waals surface area contributed by atoms with E-state index in [4.69, 9.17) is 9.47 Å². The highest BCUT2D eigenvalue weighted by Gasteiger charge is 2.46. The van der Waals surface area contributed by atoms with E-state index in [1.807, 2.05) is 12.1 Å². The minimum atomic E-state index is -0.147. The molecule has 2 aliphatic heterocycles. The van der Waals surface area contributed by atoms with Gasteiger partial charge in [0.2, 0.25) is 0 Å². The summed E-state index contributed by atoms with van der Waals surface area (Å²) in [5.41, 5.74) is 2.33. The van der Waals surface area contributed by atoms with Gasteiger partial charge in [-0.3, -0.25) is 9.80 Å². The molecule has 2 fully saturated rings. The minimum Gasteiger partial charge on any atom is -0.493 e. The molecule has 4 nitrogen and oxygen atoms in total. The van der Waals surface area contributed by atoms with Crippen LogP contribution >= 0.6 is 24.8 Å². The summed E-state index contributed by atoms with van der Waals surface area (Å²) in [7, 11) is 3.86. The zero-order valence-electron chi connectivity index (χ0n) is 19.3. The van der Waals surface area contributed by atoms with Crippen LogP contribution in [0.3, 0.4) is 0 Å². The number of rotatable bonds is 7. The topological polar surface area (TPSA) is 24.9 Å². The first kappa shape index (κ1) is 26.7. The van der Waals surface area contributed by atoms with Gasteiger partial charge in [-0.05, 0) is 60.2 Å². The summed E-state index contributed by atoms with van der Waals surface area (Å²) in [6.07, 6.45) is 0. The van der Waals surface area contributed by atoms with Crippen LogP contribution < -0.4 is 9.47 Å². The maximum absolute atomic E-state index is 13.8. The highest BCUT2D eigenvalue weighted by molar-refractivity contribution is 5.85. The average molecular weight is 485 g/mol. The van der Waals surface area contributed by atoms with Crippen LogP contribution in [-0.2, 0) is 6.54 Å². The fraction of sp³-hybridized carbons (Fsp3) is 0.520. The van der Waals surface area contributed by atoms with Crippen molar-refractivity contribution in [2.24, 2.45) is 17.8 Å². The molecule has 2 heterocycles. The number of fused-ring (bicyclic) bond motifs is 1. The quantitative estimate of drug-likeness (QED) is 0.521. The molecule has 0 aromatic heterocycles. The van der Waals surface area contributed by atoms with E-state index >= 15 is 0 Å². The van der Waals surface area contributed by atoms with Gasteiger partial charge in [-0.25, -0.2) is 4.39 Å². The van der Waals surface area contributed by atoms with Gasteiger partial charge in [0.15, 0.2) is 11.5 Å². The van der Waals surface area contributed by atoms with Crippen molar-refractivity contribution in [2.45, 2.75) is 26.4 Å². The second-order valence-corrected chi connectivity index (χ2v) is 9.25. The normalized spacial score (nSPS) is 22.9. The molecule has 0 N–H and O–H groups in total. The molecule has 178 valence electrons. The summed E-state index contributed by atoms with van der Waals surface area (Å²) in [5.74, 6) is 3.09. The molecule has 2 aliphatic rings. The first-order chi connectivity index (χ1) is 14.4. The summed E-state index contributed by atoms with van der Waals surface area (Å²) in [4.78, 5) is 4.92. The Bertz CT molecular complexity index is 883. The van der Waals surface area contributed by atoms with E-state index in [0.29, 0.717) is 24.4 Å². The fourth-order valence-corrected chi connectivity index (χ4v) is 5.12. The number of hydrogen-bond acceptors (Lipinski definition) is 4. The van der Waals surface area contributed by atoms with Crippen LogP contribution in [0.15, 0.2) is 42.5 Å². The monoisotopic (exact) mass is 484 g/mol. The van der Waals surface area contributed by atoms with E-state index in [9.17, 15) is 4.39 Å². The van der Waals surface area contributed by atoms with Gasteiger partial charge in [-0.15, -0.1) is 24.8 Å². The Labute approximate surface area is 203 Å². The van der Waals surface area contributed by atoms with Crippen molar-refractivity contribution in [2.75, 3.05) is 40.4 Å². The molecule has 0 bridgehead atoms. The highest BCUT2D eigenvalue weighted by atomic mass is 35.5. The molecule has 7 heteroatoms. The number of methoxy groups -OCH3 is 1. The van der Waals surface area contributed by atoms with Gasteiger partial charge in [-0.1, -0.05) is 32.0 Å². The van der Waals surface area contributed by atoms with Gasteiger partial charge in [-0.2, -0.15) is 0 Å². The largest absolute Gasteiger partial charge is 0.493 e. The summed E-state index contributed by atoms with van der Waals surface area (Å²) >= 11 is 0. The maximum Gasteiger partial charge on any atom is 0.161 e. The lowest BCUT2D eigenvalue weighted by molar-refractivity contribution is 0.224. The zero-order chi connectivity index (χ0) is 21.3. The smallest absolute Gasteiger partial charge is 0.161 e. The van der Waals surface area contributed by atoms with Crippen LogP contribution in [0, 0.1) is 23.6 Å². The predicted molar refractivity (Wildman–Crippen MR) is 132 cm³/mol. The van der Waals surface area contributed by atoms with Crippen molar-refractivity contribution in [1.82, 2.24) is 9.80 Å². The Hall–Kier alpha value is -1.53. The van der Waals surface area contributed by atoms with Crippen LogP contribution in [0.2, 0.25) is 0 Å². The molecular weight excluding hydrogens is 450 g/mol. The van der Waals surface area contributed by atoms with Crippen LogP contribution in [0.1, 0.15) is 31.0 Å². The summed E-state index contributed by atoms with van der Waals surface area (Å²) < 4.78 is 25.3. The van der Waals surface area contributed by atoms with Crippen LogP contribution in [0.25, 0.3) is 0 Å². The lowest BCUT2D eigenvalue weighted by Crippen LogP contribution is -2.29. The first-order valence-corrected chi connectivity index (χ1v) is 10.9. The molecule has 0 unspecified atom stereocenters. The van der Waals surface area contributed by atoms with Gasteiger partial charge >= 0.3 is 0 Å². The summed E-state index contributed by atoms with van der Waals surface area (Å²) in [6.45, 7) is 9.03. The van der Waals surface area contributed by atoms with Gasteiger partial charge in [0, 0.05) is 32.2 Å². The van der Waals surface area contributed by atoms with Crippen LogP contribution in [-0.4, -0.2) is 50.2 Å². The average Bonchev–Trinajstić information content (AvgIpc) is 3.22. The molecule has 2 saturated heterocycles. The second-order valence-electron chi connectivity index (χ2n) is 9.25. The Morgan fingerprint density at radius 3 is 2.50 bits per heavy atom. The van der Waals surface area contributed by atoms with Gasteiger partial charge < -0.3 is 9.47 Å². The van der Waals surface area contributed by atoms with Crippen molar-refractivity contribution < 1.29 is 13.9 Å². The molecule has 0 spiro atoms. The lowest BCUT2D eigenvalue weighted by atomic mass is 9.89. The first-order valence-electron chi connectivity index (χ1n) is 10.9. The maximum atomic E-state index is 13.8. The number of likely N-dealkylation sites (tertiary alicyclic amines) is 2. The number of benzene rings is 2. The molecule has 4 rings (SSSR count). The van der Waals surface area contributed by atoms with Gasteiger partial charge in [0.1, 0.15) is 5.82 Å². The molecule has 0 amide bonds. The summed E-state index contributed by atoms with van der Waals surface area (Å²) in [5, 5.41) is 0. The SMILES string of the molecule is COc1cc(CN2C[C@@H]3CN(C)[C@@H](c4cccc(F)c4)[C@@H]3C2)ccc1OCC(C)C.Cl.Cl. The van der Waals surface area contributed by atoms with E-state index in [2.05, 4.69) is 48.9 Å². The Balaban J connectivity index is 0.00000181. The van der Waals surface area contributed by atoms with Crippen LogP contribution in [0.5, 0.6) is 11.5 Å². The molecule has 2 aromatic rings. The van der Waals surface area contributed by atoms with Gasteiger partial charge in [0.05, 0.1) is 13.7 Å². The Morgan fingerprint density at radius 1 is 1.03 bits per heavy atom. The lowest BCUT2D eigenvalue weighted by Gasteiger charge is -2.27. The third-order valence-corrected chi connectivity index (χ3v) is 6.37. The Morgan fingerprint density at radius 2 is 1.81 bits per heavy atom.